The van der Waals surface area contributed by atoms with Crippen molar-refractivity contribution < 1.29 is 0 Å². The summed E-state index contributed by atoms with van der Waals surface area (Å²) in [7, 11) is 0. The lowest BCUT2D eigenvalue weighted by Crippen LogP contribution is -2.40. The zero-order valence-electron chi connectivity index (χ0n) is 19.2. The number of nitrogens with one attached hydrogen (secondary N) is 1. The summed E-state index contributed by atoms with van der Waals surface area (Å²) in [5.41, 5.74) is 6.72. The first-order valence-corrected chi connectivity index (χ1v) is 10.1. The molecular weight excluding hydrogens is 362 g/mol. The third kappa shape index (κ3) is 5.28. The van der Waals surface area contributed by atoms with Crippen LogP contribution in [0.25, 0.3) is 0 Å². The molecule has 0 radical (unpaired) electrons. The second-order valence-electron chi connectivity index (χ2n) is 9.90. The number of rotatable bonds is 8. The number of aromatic nitrogens is 5. The Hall–Kier alpha value is -2.57. The molecule has 0 fully saturated rings. The van der Waals surface area contributed by atoms with E-state index in [0.717, 1.165) is 30.4 Å². The van der Waals surface area contributed by atoms with Gasteiger partial charge < -0.3 is 20.2 Å². The molecule has 0 aliphatic carbocycles. The van der Waals surface area contributed by atoms with Gasteiger partial charge in [-0.25, -0.2) is 4.98 Å². The lowest BCUT2D eigenvalue weighted by Gasteiger charge is -2.39. The van der Waals surface area contributed by atoms with E-state index in [2.05, 4.69) is 84.3 Å². The first-order valence-electron chi connectivity index (χ1n) is 10.1. The molecule has 0 aromatic carbocycles. The number of nitrogens with zero attached hydrogens (tertiary/aromatic N) is 5. The van der Waals surface area contributed by atoms with E-state index in [1.54, 1.807) is 12.4 Å². The third-order valence-electron chi connectivity index (χ3n) is 5.05. The first-order chi connectivity index (χ1) is 13.4. The second-order valence-corrected chi connectivity index (χ2v) is 9.90. The zero-order valence-corrected chi connectivity index (χ0v) is 19.2. The standard InChI is InChI=1S/C22H37N7/c1-9-12-28(15-22(7,8)18-24-10-11-25-18)17(13-23)21(5,6)14-29-16-26-27-19(29)20(2,3)4/h9-13,16H,14-15,23H2,1-8H3,(H,24,25)/b12-9-,17-13-. The number of aromatic amines is 1. The number of hydrogen-bond donors (Lipinski definition) is 2. The summed E-state index contributed by atoms with van der Waals surface area (Å²) in [4.78, 5) is 9.94. The summed E-state index contributed by atoms with van der Waals surface area (Å²) in [6.45, 7) is 18.7. The molecule has 0 bridgehead atoms. The fourth-order valence-corrected chi connectivity index (χ4v) is 3.70. The minimum atomic E-state index is -0.240. The van der Waals surface area contributed by atoms with Gasteiger partial charge in [0.15, 0.2) is 0 Å². The van der Waals surface area contributed by atoms with Gasteiger partial charge in [-0.1, -0.05) is 54.5 Å². The number of hydrogen-bond acceptors (Lipinski definition) is 5. The van der Waals surface area contributed by atoms with Gasteiger partial charge in [-0.05, 0) is 13.1 Å². The van der Waals surface area contributed by atoms with Crippen molar-refractivity contribution >= 4 is 0 Å². The van der Waals surface area contributed by atoms with Crippen molar-refractivity contribution in [3.8, 4) is 0 Å². The van der Waals surface area contributed by atoms with Crippen LogP contribution in [-0.4, -0.2) is 36.2 Å². The lowest BCUT2D eigenvalue weighted by molar-refractivity contribution is 0.242. The third-order valence-corrected chi connectivity index (χ3v) is 5.05. The van der Waals surface area contributed by atoms with Gasteiger partial charge in [-0.15, -0.1) is 10.2 Å². The van der Waals surface area contributed by atoms with Crippen LogP contribution in [0, 0.1) is 5.41 Å². The highest BCUT2D eigenvalue weighted by atomic mass is 15.3. The van der Waals surface area contributed by atoms with E-state index in [1.165, 1.54) is 0 Å². The quantitative estimate of drug-likeness (QED) is 0.702. The van der Waals surface area contributed by atoms with E-state index in [-0.39, 0.29) is 16.2 Å². The van der Waals surface area contributed by atoms with Crippen molar-refractivity contribution in [2.75, 3.05) is 6.54 Å². The van der Waals surface area contributed by atoms with E-state index in [4.69, 9.17) is 5.73 Å². The van der Waals surface area contributed by atoms with Gasteiger partial charge in [-0.2, -0.15) is 0 Å². The normalized spacial score (nSPS) is 14.0. The maximum atomic E-state index is 6.18. The van der Waals surface area contributed by atoms with Crippen molar-refractivity contribution in [3.05, 3.63) is 54.5 Å². The molecule has 2 aromatic rings. The largest absolute Gasteiger partial charge is 0.403 e. The highest BCUT2D eigenvalue weighted by Gasteiger charge is 2.34. The molecule has 0 unspecified atom stereocenters. The SMILES string of the molecule is C/C=C\N(CC(C)(C)c1ncc[nH]1)/C(=C\N)C(C)(C)Cn1cnnc1C(C)(C)C. The van der Waals surface area contributed by atoms with Crippen LogP contribution in [0.5, 0.6) is 0 Å². The highest BCUT2D eigenvalue weighted by molar-refractivity contribution is 5.17. The topological polar surface area (TPSA) is 88.6 Å². The van der Waals surface area contributed by atoms with Crippen LogP contribution >= 0.6 is 0 Å². The average molecular weight is 400 g/mol. The summed E-state index contributed by atoms with van der Waals surface area (Å²) in [6.07, 6.45) is 11.3. The predicted molar refractivity (Wildman–Crippen MR) is 118 cm³/mol. The molecule has 7 nitrogen and oxygen atoms in total. The van der Waals surface area contributed by atoms with E-state index < -0.39 is 0 Å². The molecule has 0 spiro atoms. The first kappa shape index (κ1) is 22.7. The summed E-state index contributed by atoms with van der Waals surface area (Å²) in [5, 5.41) is 8.51. The van der Waals surface area contributed by atoms with Crippen LogP contribution in [-0.2, 0) is 17.4 Å². The summed E-state index contributed by atoms with van der Waals surface area (Å²) in [5.74, 6) is 1.92. The fraction of sp³-hybridized carbons (Fsp3) is 0.591. The Morgan fingerprint density at radius 2 is 1.90 bits per heavy atom. The molecule has 2 rings (SSSR count). The zero-order chi connectivity index (χ0) is 21.9. The number of nitrogens with two attached hydrogens (primary N) is 1. The molecule has 29 heavy (non-hydrogen) atoms. The van der Waals surface area contributed by atoms with Gasteiger partial charge in [0.1, 0.15) is 18.0 Å². The highest BCUT2D eigenvalue weighted by Crippen LogP contribution is 2.34. The average Bonchev–Trinajstić information content (AvgIpc) is 3.25. The minimum absolute atomic E-state index is 0.0799. The number of allylic oxidation sites excluding steroid dienone is 2. The Bertz CT molecular complexity index is 833. The van der Waals surface area contributed by atoms with Crippen molar-refractivity contribution in [2.45, 2.75) is 72.8 Å². The maximum absolute atomic E-state index is 6.18. The smallest absolute Gasteiger partial charge is 0.138 e. The predicted octanol–water partition coefficient (Wildman–Crippen LogP) is 3.94. The van der Waals surface area contributed by atoms with Crippen molar-refractivity contribution in [3.63, 3.8) is 0 Å². The Morgan fingerprint density at radius 1 is 1.21 bits per heavy atom. The monoisotopic (exact) mass is 399 g/mol. The van der Waals surface area contributed by atoms with E-state index in [0.29, 0.717) is 0 Å². The summed E-state index contributed by atoms with van der Waals surface area (Å²) in [6, 6.07) is 0. The maximum Gasteiger partial charge on any atom is 0.138 e. The summed E-state index contributed by atoms with van der Waals surface area (Å²) < 4.78 is 2.13. The fourth-order valence-electron chi connectivity index (χ4n) is 3.70. The van der Waals surface area contributed by atoms with Gasteiger partial charge in [0.25, 0.3) is 0 Å². The molecule has 160 valence electrons. The number of H-pyrrole nitrogens is 1. The van der Waals surface area contributed by atoms with E-state index >= 15 is 0 Å². The second kappa shape index (κ2) is 8.43. The van der Waals surface area contributed by atoms with Crippen LogP contribution in [0.1, 0.15) is 67.0 Å². The minimum Gasteiger partial charge on any atom is -0.403 e. The van der Waals surface area contributed by atoms with Crippen LogP contribution in [0.3, 0.4) is 0 Å². The van der Waals surface area contributed by atoms with Crippen LogP contribution < -0.4 is 5.73 Å². The molecule has 0 saturated carbocycles. The van der Waals surface area contributed by atoms with Gasteiger partial charge >= 0.3 is 0 Å². The Morgan fingerprint density at radius 3 is 2.41 bits per heavy atom. The van der Waals surface area contributed by atoms with Crippen molar-refractivity contribution in [1.82, 2.24) is 29.6 Å². The van der Waals surface area contributed by atoms with Gasteiger partial charge in [0.2, 0.25) is 0 Å². The Labute approximate surface area is 175 Å². The molecule has 0 aliphatic heterocycles. The molecule has 0 amide bonds. The molecule has 0 aliphatic rings. The number of imidazole rings is 1. The molecule has 0 atom stereocenters. The van der Waals surface area contributed by atoms with Gasteiger partial charge in [0, 0.05) is 53.6 Å². The van der Waals surface area contributed by atoms with Crippen LogP contribution in [0.2, 0.25) is 0 Å². The molecule has 0 saturated heterocycles. The lowest BCUT2D eigenvalue weighted by atomic mass is 9.85. The molecule has 3 N–H and O–H groups in total. The Kier molecular flexibility index (Phi) is 6.60. The van der Waals surface area contributed by atoms with Crippen molar-refractivity contribution in [1.29, 1.82) is 0 Å². The molecule has 2 aromatic heterocycles. The van der Waals surface area contributed by atoms with Crippen LogP contribution in [0.4, 0.5) is 0 Å². The van der Waals surface area contributed by atoms with Crippen LogP contribution in [0.15, 0.2) is 42.9 Å². The van der Waals surface area contributed by atoms with E-state index in [9.17, 15) is 0 Å². The van der Waals surface area contributed by atoms with E-state index in [1.807, 2.05) is 25.5 Å². The molecular formula is C22H37N7. The van der Waals surface area contributed by atoms with Crippen molar-refractivity contribution in [2.24, 2.45) is 11.1 Å². The molecule has 2 heterocycles. The Balaban J connectivity index is 2.33. The molecule has 7 heteroatoms. The van der Waals surface area contributed by atoms with Gasteiger partial charge in [-0.3, -0.25) is 0 Å². The van der Waals surface area contributed by atoms with Gasteiger partial charge in [0.05, 0.1) is 0 Å². The summed E-state index contributed by atoms with van der Waals surface area (Å²) >= 11 is 0.